The van der Waals surface area contributed by atoms with Gasteiger partial charge < -0.3 is 15.7 Å². The second-order valence-electron chi connectivity index (χ2n) is 5.67. The number of aliphatic carboxylic acids is 1. The van der Waals surface area contributed by atoms with Gasteiger partial charge in [-0.15, -0.1) is 0 Å². The van der Waals surface area contributed by atoms with E-state index in [-0.39, 0.29) is 24.5 Å². The zero-order valence-electron chi connectivity index (χ0n) is 13.2. The fourth-order valence-electron chi connectivity index (χ4n) is 2.13. The Morgan fingerprint density at radius 1 is 1.10 bits per heavy atom. The van der Waals surface area contributed by atoms with Crippen LogP contribution in [0.25, 0.3) is 0 Å². The molecule has 2 atom stereocenters. The van der Waals surface area contributed by atoms with Crippen molar-refractivity contribution in [2.75, 3.05) is 6.54 Å². The van der Waals surface area contributed by atoms with Crippen molar-refractivity contribution < 1.29 is 14.7 Å². The molecule has 0 spiro atoms. The quantitative estimate of drug-likeness (QED) is 0.577. The first-order valence-electron chi connectivity index (χ1n) is 7.69. The molecule has 2 unspecified atom stereocenters. The lowest BCUT2D eigenvalue weighted by Crippen LogP contribution is -2.45. The Morgan fingerprint density at radius 3 is 2.20 bits per heavy atom. The Hall–Kier alpha value is -1.26. The normalized spacial score (nSPS) is 13.8. The van der Waals surface area contributed by atoms with Crippen molar-refractivity contribution >= 4 is 12.0 Å². The third-order valence-corrected chi connectivity index (χ3v) is 3.48. The predicted molar refractivity (Wildman–Crippen MR) is 80.7 cm³/mol. The molecular formula is C15H30N2O3. The Morgan fingerprint density at radius 2 is 1.75 bits per heavy atom. The summed E-state index contributed by atoms with van der Waals surface area (Å²) in [5, 5.41) is 14.7. The van der Waals surface area contributed by atoms with Crippen LogP contribution in [-0.4, -0.2) is 29.7 Å². The van der Waals surface area contributed by atoms with Crippen LogP contribution >= 0.6 is 0 Å². The van der Waals surface area contributed by atoms with Crippen LogP contribution in [0.2, 0.25) is 0 Å². The Bertz CT molecular complexity index is 293. The number of nitrogens with one attached hydrogen (secondary N) is 2. The SMILES string of the molecule is CCCCC(CCC)NC(=O)NCC(C(=O)O)C(C)C. The minimum atomic E-state index is -0.864. The molecule has 118 valence electrons. The molecule has 0 aromatic rings. The van der Waals surface area contributed by atoms with E-state index in [0.717, 1.165) is 32.1 Å². The van der Waals surface area contributed by atoms with Crippen LogP contribution in [0.3, 0.4) is 0 Å². The fraction of sp³-hybridized carbons (Fsp3) is 0.867. The van der Waals surface area contributed by atoms with Crippen molar-refractivity contribution in [1.82, 2.24) is 10.6 Å². The van der Waals surface area contributed by atoms with Gasteiger partial charge >= 0.3 is 12.0 Å². The molecule has 0 rings (SSSR count). The molecule has 20 heavy (non-hydrogen) atoms. The number of unbranched alkanes of at least 4 members (excludes halogenated alkanes) is 1. The highest BCUT2D eigenvalue weighted by Gasteiger charge is 2.22. The topological polar surface area (TPSA) is 78.4 Å². The maximum atomic E-state index is 11.8. The molecular weight excluding hydrogens is 256 g/mol. The number of carbonyl (C=O) groups excluding carboxylic acids is 1. The molecule has 0 radical (unpaired) electrons. The Balaban J connectivity index is 4.20. The van der Waals surface area contributed by atoms with Gasteiger partial charge in [-0.1, -0.05) is 47.0 Å². The summed E-state index contributed by atoms with van der Waals surface area (Å²) in [5.41, 5.74) is 0. The maximum Gasteiger partial charge on any atom is 0.315 e. The van der Waals surface area contributed by atoms with E-state index in [2.05, 4.69) is 24.5 Å². The van der Waals surface area contributed by atoms with Crippen LogP contribution < -0.4 is 10.6 Å². The summed E-state index contributed by atoms with van der Waals surface area (Å²) in [5.74, 6) is -1.41. The van der Waals surface area contributed by atoms with Gasteiger partial charge in [-0.3, -0.25) is 4.79 Å². The first-order valence-corrected chi connectivity index (χ1v) is 7.69. The minimum Gasteiger partial charge on any atom is -0.481 e. The number of carboxylic acids is 1. The molecule has 0 bridgehead atoms. The molecule has 0 aromatic carbocycles. The molecule has 0 heterocycles. The standard InChI is InChI=1S/C15H30N2O3/c1-5-7-9-12(8-6-2)17-15(20)16-10-13(11(3)4)14(18)19/h11-13H,5-10H2,1-4H3,(H,18,19)(H2,16,17,20). The third kappa shape index (κ3) is 8.02. The zero-order chi connectivity index (χ0) is 15.5. The van der Waals surface area contributed by atoms with Crippen molar-refractivity contribution in [3.8, 4) is 0 Å². The van der Waals surface area contributed by atoms with Gasteiger partial charge in [-0.25, -0.2) is 4.79 Å². The smallest absolute Gasteiger partial charge is 0.315 e. The third-order valence-electron chi connectivity index (χ3n) is 3.48. The van der Waals surface area contributed by atoms with Crippen molar-refractivity contribution in [3.63, 3.8) is 0 Å². The lowest BCUT2D eigenvalue weighted by molar-refractivity contribution is -0.142. The monoisotopic (exact) mass is 286 g/mol. The first-order chi connectivity index (χ1) is 9.42. The number of hydrogen-bond donors (Lipinski definition) is 3. The van der Waals surface area contributed by atoms with Gasteiger partial charge in [0.25, 0.3) is 0 Å². The molecule has 2 amide bonds. The maximum absolute atomic E-state index is 11.8. The predicted octanol–water partition coefficient (Wildman–Crippen LogP) is 3.00. The van der Waals surface area contributed by atoms with Crippen LogP contribution in [0.1, 0.15) is 59.8 Å². The largest absolute Gasteiger partial charge is 0.481 e. The highest BCUT2D eigenvalue weighted by molar-refractivity contribution is 5.76. The summed E-state index contributed by atoms with van der Waals surface area (Å²) in [7, 11) is 0. The number of hydrogen-bond acceptors (Lipinski definition) is 2. The summed E-state index contributed by atoms with van der Waals surface area (Å²) >= 11 is 0. The summed E-state index contributed by atoms with van der Waals surface area (Å²) in [6, 6.07) is -0.0752. The van der Waals surface area contributed by atoms with E-state index >= 15 is 0 Å². The Labute approximate surface area is 122 Å². The van der Waals surface area contributed by atoms with Gasteiger partial charge in [0, 0.05) is 12.6 Å². The number of urea groups is 1. The van der Waals surface area contributed by atoms with E-state index in [1.54, 1.807) is 0 Å². The summed E-state index contributed by atoms with van der Waals surface area (Å²) < 4.78 is 0. The Kier molecular flexibility index (Phi) is 9.86. The zero-order valence-corrected chi connectivity index (χ0v) is 13.2. The lowest BCUT2D eigenvalue weighted by Gasteiger charge is -2.20. The molecule has 5 heteroatoms. The van der Waals surface area contributed by atoms with Gasteiger partial charge in [0.05, 0.1) is 5.92 Å². The second-order valence-corrected chi connectivity index (χ2v) is 5.67. The van der Waals surface area contributed by atoms with Crippen LogP contribution in [0, 0.1) is 11.8 Å². The summed E-state index contributed by atoms with van der Waals surface area (Å²) in [6.45, 7) is 8.09. The minimum absolute atomic E-state index is 0.000620. The van der Waals surface area contributed by atoms with Crippen LogP contribution in [0.5, 0.6) is 0 Å². The van der Waals surface area contributed by atoms with Crippen LogP contribution in [-0.2, 0) is 4.79 Å². The average molecular weight is 286 g/mol. The molecule has 0 aliphatic rings. The number of amides is 2. The number of rotatable bonds is 10. The second kappa shape index (κ2) is 10.5. The molecule has 0 aromatic heterocycles. The van der Waals surface area contributed by atoms with Gasteiger partial charge in [0.15, 0.2) is 0 Å². The molecule has 5 nitrogen and oxygen atoms in total. The van der Waals surface area contributed by atoms with Gasteiger partial charge in [0.1, 0.15) is 0 Å². The number of carbonyl (C=O) groups is 2. The molecule has 0 aliphatic carbocycles. The molecule has 0 saturated carbocycles. The van der Waals surface area contributed by atoms with Gasteiger partial charge in [-0.2, -0.15) is 0 Å². The highest BCUT2D eigenvalue weighted by atomic mass is 16.4. The van der Waals surface area contributed by atoms with Crippen LogP contribution in [0.15, 0.2) is 0 Å². The molecule has 3 N–H and O–H groups in total. The van der Waals surface area contributed by atoms with E-state index in [0.29, 0.717) is 0 Å². The van der Waals surface area contributed by atoms with Gasteiger partial charge in [-0.05, 0) is 18.8 Å². The van der Waals surface area contributed by atoms with Crippen molar-refractivity contribution in [3.05, 3.63) is 0 Å². The fourth-order valence-corrected chi connectivity index (χ4v) is 2.13. The molecule has 0 fully saturated rings. The molecule has 0 saturated heterocycles. The molecule has 0 aliphatic heterocycles. The van der Waals surface area contributed by atoms with Crippen LogP contribution in [0.4, 0.5) is 4.79 Å². The van der Waals surface area contributed by atoms with E-state index in [1.165, 1.54) is 0 Å². The van der Waals surface area contributed by atoms with E-state index in [9.17, 15) is 9.59 Å². The van der Waals surface area contributed by atoms with E-state index in [1.807, 2.05) is 13.8 Å². The highest BCUT2D eigenvalue weighted by Crippen LogP contribution is 2.10. The number of carboxylic acid groups (broad SMARTS) is 1. The van der Waals surface area contributed by atoms with E-state index in [4.69, 9.17) is 5.11 Å². The van der Waals surface area contributed by atoms with Crippen molar-refractivity contribution in [2.24, 2.45) is 11.8 Å². The average Bonchev–Trinajstić information content (AvgIpc) is 2.35. The van der Waals surface area contributed by atoms with E-state index < -0.39 is 11.9 Å². The lowest BCUT2D eigenvalue weighted by atomic mass is 9.96. The van der Waals surface area contributed by atoms with Crippen molar-refractivity contribution in [2.45, 2.75) is 65.8 Å². The summed E-state index contributed by atoms with van der Waals surface area (Å²) in [4.78, 5) is 22.9. The first kappa shape index (κ1) is 18.7. The van der Waals surface area contributed by atoms with Gasteiger partial charge in [0.2, 0.25) is 0 Å². The summed E-state index contributed by atoms with van der Waals surface area (Å²) in [6.07, 6.45) is 5.16. The van der Waals surface area contributed by atoms with Crippen molar-refractivity contribution in [1.29, 1.82) is 0 Å².